The quantitative estimate of drug-likeness (QED) is 0.174. The molecule has 1 aliphatic rings. The van der Waals surface area contributed by atoms with Crippen LogP contribution in [-0.2, 0) is 35.3 Å². The Labute approximate surface area is 175 Å². The molecule has 2 rings (SSSR count). The summed E-state index contributed by atoms with van der Waals surface area (Å²) in [6.07, 6.45) is 0. The molecule has 1 amide bonds. The van der Waals surface area contributed by atoms with Gasteiger partial charge in [-0.15, -0.1) is 0 Å². The van der Waals surface area contributed by atoms with Gasteiger partial charge < -0.3 is 24.3 Å². The maximum Gasteiger partial charge on any atom is 0.251 e. The highest BCUT2D eigenvalue weighted by Crippen LogP contribution is 2.24. The topological polar surface area (TPSA) is 149 Å². The average Bonchev–Trinajstić information content (AvgIpc) is 3.12. The number of nitrogens with one attached hydrogen (secondary N) is 1. The molecule has 166 valence electrons. The molecule has 30 heavy (non-hydrogen) atoms. The van der Waals surface area contributed by atoms with Crippen molar-refractivity contribution >= 4 is 15.7 Å². The van der Waals surface area contributed by atoms with E-state index in [0.717, 1.165) is 0 Å². The van der Waals surface area contributed by atoms with E-state index in [1.165, 1.54) is 6.07 Å². The van der Waals surface area contributed by atoms with Gasteiger partial charge in [0.05, 0.1) is 63.5 Å². The Balaban J connectivity index is 1.50. The summed E-state index contributed by atoms with van der Waals surface area (Å²) in [6, 6.07) is 4.71. The Morgan fingerprint density at radius 2 is 1.57 bits per heavy atom. The van der Waals surface area contributed by atoms with E-state index < -0.39 is 9.84 Å². The van der Waals surface area contributed by atoms with Crippen LogP contribution in [0.5, 0.6) is 0 Å². The van der Waals surface area contributed by atoms with Gasteiger partial charge >= 0.3 is 0 Å². The highest BCUT2D eigenvalue weighted by atomic mass is 32.2. The Bertz CT molecular complexity index is 841. The maximum absolute atomic E-state index is 12.5. The van der Waals surface area contributed by atoms with Crippen molar-refractivity contribution < 1.29 is 32.2 Å². The van der Waals surface area contributed by atoms with E-state index in [4.69, 9.17) is 24.5 Å². The van der Waals surface area contributed by atoms with Crippen molar-refractivity contribution in [2.24, 2.45) is 5.11 Å². The van der Waals surface area contributed by atoms with E-state index in [-0.39, 0.29) is 36.3 Å². The zero-order valence-electron chi connectivity index (χ0n) is 16.6. The second kappa shape index (κ2) is 13.2. The number of azide groups is 1. The molecule has 1 aliphatic heterocycles. The molecule has 1 aromatic carbocycles. The molecular formula is C18H26N4O7S. The van der Waals surface area contributed by atoms with Crippen molar-refractivity contribution in [3.63, 3.8) is 0 Å². The standard InChI is InChI=1S/C18H26N4O7S/c19-22-21-4-5-26-6-7-27-8-9-28-10-11-29-12-13-30(24,25)17-3-1-2-15-16(17)14-20-18(15)23/h1-3H,4-14H2,(H,20,23). The predicted octanol–water partition coefficient (Wildman–Crippen LogP) is 1.08. The molecule has 1 heterocycles. The smallest absolute Gasteiger partial charge is 0.251 e. The third kappa shape index (κ3) is 7.90. The van der Waals surface area contributed by atoms with Gasteiger partial charge in [-0.1, -0.05) is 11.2 Å². The molecule has 0 radical (unpaired) electrons. The van der Waals surface area contributed by atoms with Gasteiger partial charge in [0.1, 0.15) is 0 Å². The fourth-order valence-corrected chi connectivity index (χ4v) is 4.11. The summed E-state index contributed by atoms with van der Waals surface area (Å²) in [7, 11) is -3.54. The van der Waals surface area contributed by atoms with Crippen LogP contribution in [0, 0.1) is 0 Å². The van der Waals surface area contributed by atoms with Crippen molar-refractivity contribution in [1.29, 1.82) is 0 Å². The molecule has 0 saturated carbocycles. The first-order valence-electron chi connectivity index (χ1n) is 9.51. The normalized spacial score (nSPS) is 13.0. The molecule has 1 N–H and O–H groups in total. The lowest BCUT2D eigenvalue weighted by molar-refractivity contribution is 0.000563. The first kappa shape index (κ1) is 24.1. The summed E-state index contributed by atoms with van der Waals surface area (Å²) >= 11 is 0. The van der Waals surface area contributed by atoms with E-state index >= 15 is 0 Å². The molecule has 0 spiro atoms. The van der Waals surface area contributed by atoms with Crippen LogP contribution in [0.15, 0.2) is 28.2 Å². The fourth-order valence-electron chi connectivity index (χ4n) is 2.71. The van der Waals surface area contributed by atoms with Crippen LogP contribution in [0.25, 0.3) is 10.4 Å². The number of benzene rings is 1. The van der Waals surface area contributed by atoms with Crippen LogP contribution >= 0.6 is 0 Å². The van der Waals surface area contributed by atoms with E-state index in [1.807, 2.05) is 0 Å². The second-order valence-electron chi connectivity index (χ2n) is 6.19. The lowest BCUT2D eigenvalue weighted by atomic mass is 10.1. The van der Waals surface area contributed by atoms with E-state index in [9.17, 15) is 13.2 Å². The lowest BCUT2D eigenvalue weighted by Gasteiger charge is -2.09. The number of rotatable bonds is 16. The summed E-state index contributed by atoms with van der Waals surface area (Å²) < 4.78 is 46.2. The van der Waals surface area contributed by atoms with Crippen LogP contribution in [0.3, 0.4) is 0 Å². The van der Waals surface area contributed by atoms with Crippen LogP contribution < -0.4 is 5.32 Å². The fraction of sp³-hybridized carbons (Fsp3) is 0.611. The summed E-state index contributed by atoms with van der Waals surface area (Å²) in [6.45, 7) is 3.13. The number of fused-ring (bicyclic) bond motifs is 1. The molecule has 12 heteroatoms. The number of nitrogens with zero attached hydrogens (tertiary/aromatic N) is 3. The van der Waals surface area contributed by atoms with Crippen molar-refractivity contribution in [1.82, 2.24) is 5.32 Å². The molecule has 0 atom stereocenters. The largest absolute Gasteiger partial charge is 0.379 e. The van der Waals surface area contributed by atoms with Gasteiger partial charge in [-0.2, -0.15) is 0 Å². The van der Waals surface area contributed by atoms with Gasteiger partial charge in [-0.25, -0.2) is 8.42 Å². The first-order chi connectivity index (χ1) is 14.6. The van der Waals surface area contributed by atoms with Crippen LogP contribution in [0.4, 0.5) is 0 Å². The van der Waals surface area contributed by atoms with Crippen LogP contribution in [0.2, 0.25) is 0 Å². The molecule has 0 saturated heterocycles. The molecule has 11 nitrogen and oxygen atoms in total. The lowest BCUT2D eigenvalue weighted by Crippen LogP contribution is -2.17. The van der Waals surface area contributed by atoms with E-state index in [2.05, 4.69) is 15.3 Å². The Morgan fingerprint density at radius 3 is 2.20 bits per heavy atom. The molecule has 1 aromatic rings. The van der Waals surface area contributed by atoms with Crippen LogP contribution in [-0.4, -0.2) is 79.5 Å². The Hall–Kier alpha value is -2.21. The average molecular weight is 442 g/mol. The highest BCUT2D eigenvalue weighted by Gasteiger charge is 2.27. The summed E-state index contributed by atoms with van der Waals surface area (Å²) in [5, 5.41) is 5.98. The number of sulfone groups is 1. The van der Waals surface area contributed by atoms with Crippen molar-refractivity contribution in [2.75, 3.05) is 65.2 Å². The zero-order valence-corrected chi connectivity index (χ0v) is 17.4. The third-order valence-electron chi connectivity index (χ3n) is 4.15. The van der Waals surface area contributed by atoms with Crippen molar-refractivity contribution in [2.45, 2.75) is 11.4 Å². The van der Waals surface area contributed by atoms with Crippen LogP contribution in [0.1, 0.15) is 15.9 Å². The van der Waals surface area contributed by atoms with Gasteiger partial charge in [-0.3, -0.25) is 4.79 Å². The number of carbonyl (C=O) groups is 1. The molecule has 0 unspecified atom stereocenters. The summed E-state index contributed by atoms with van der Waals surface area (Å²) in [5.41, 5.74) is 9.02. The number of hydrogen-bond donors (Lipinski definition) is 1. The number of hydrogen-bond acceptors (Lipinski definition) is 8. The minimum atomic E-state index is -3.54. The monoisotopic (exact) mass is 442 g/mol. The minimum absolute atomic E-state index is 0.0421. The van der Waals surface area contributed by atoms with E-state index in [0.29, 0.717) is 57.3 Å². The van der Waals surface area contributed by atoms with Crippen molar-refractivity contribution in [3.8, 4) is 0 Å². The van der Waals surface area contributed by atoms with Gasteiger partial charge in [0.2, 0.25) is 0 Å². The SMILES string of the molecule is [N-]=[N+]=NCCOCCOCCOCCOCCS(=O)(=O)c1cccc2c1CNC2=O. The maximum atomic E-state index is 12.5. The Morgan fingerprint density at radius 1 is 0.967 bits per heavy atom. The Kier molecular flexibility index (Phi) is 10.6. The van der Waals surface area contributed by atoms with Gasteiger partial charge in [-0.05, 0) is 17.7 Å². The number of carbonyl (C=O) groups excluding carboxylic acids is 1. The number of ether oxygens (including phenoxy) is 4. The van der Waals surface area contributed by atoms with Gasteiger partial charge in [0, 0.05) is 29.1 Å². The van der Waals surface area contributed by atoms with Crippen molar-refractivity contribution in [3.05, 3.63) is 39.8 Å². The number of amides is 1. The molecule has 0 fully saturated rings. The molecule has 0 aromatic heterocycles. The third-order valence-corrected chi connectivity index (χ3v) is 5.91. The molecular weight excluding hydrogens is 416 g/mol. The molecule has 0 aliphatic carbocycles. The van der Waals surface area contributed by atoms with E-state index in [1.54, 1.807) is 12.1 Å². The predicted molar refractivity (Wildman–Crippen MR) is 107 cm³/mol. The first-order valence-corrected chi connectivity index (χ1v) is 11.2. The summed E-state index contributed by atoms with van der Waals surface area (Å²) in [5.74, 6) is -0.419. The minimum Gasteiger partial charge on any atom is -0.379 e. The van der Waals surface area contributed by atoms with Gasteiger partial charge in [0.15, 0.2) is 9.84 Å². The summed E-state index contributed by atoms with van der Waals surface area (Å²) in [4.78, 5) is 14.5. The molecule has 0 bridgehead atoms. The second-order valence-corrected chi connectivity index (χ2v) is 8.27. The zero-order chi connectivity index (χ0) is 21.7. The highest BCUT2D eigenvalue weighted by molar-refractivity contribution is 7.91. The van der Waals surface area contributed by atoms with Gasteiger partial charge in [0.25, 0.3) is 5.91 Å².